The zero-order valence-electron chi connectivity index (χ0n) is 17.6. The van der Waals surface area contributed by atoms with Gasteiger partial charge in [0.25, 0.3) is 0 Å². The van der Waals surface area contributed by atoms with E-state index in [2.05, 4.69) is 39.4 Å². The second-order valence-electron chi connectivity index (χ2n) is 8.66. The summed E-state index contributed by atoms with van der Waals surface area (Å²) < 4.78 is 16.9. The highest BCUT2D eigenvalue weighted by atomic mass is 19.1. The predicted octanol–water partition coefficient (Wildman–Crippen LogP) is 4.34. The van der Waals surface area contributed by atoms with Crippen molar-refractivity contribution >= 4 is 16.6 Å². The van der Waals surface area contributed by atoms with E-state index in [1.54, 1.807) is 10.6 Å². The van der Waals surface area contributed by atoms with Crippen LogP contribution in [0.4, 0.5) is 4.39 Å². The number of aromatic nitrogens is 5. The van der Waals surface area contributed by atoms with E-state index in [1.807, 2.05) is 38.2 Å². The van der Waals surface area contributed by atoms with Crippen LogP contribution >= 0.6 is 0 Å². The van der Waals surface area contributed by atoms with Crippen LogP contribution < -0.4 is 5.32 Å². The topological polar surface area (TPSA) is 68.0 Å². The Labute approximate surface area is 174 Å². The van der Waals surface area contributed by atoms with Crippen LogP contribution in [0.3, 0.4) is 0 Å². The first-order valence-electron chi connectivity index (χ1n) is 10.4. The standard InChI is InChI=1S/C23H25FN6/c1-12-5-21(29-30-11-15(4)26-23(12)30)17-8-19(24)18-10-20(27-28-22(18)9-17)16-6-13(2)25-14(3)7-16/h5,8-11,13-14,16,25H,6-7H2,1-4H3/t13-,14+,16+. The Bertz CT molecular complexity index is 1250. The van der Waals surface area contributed by atoms with Gasteiger partial charge in [0.2, 0.25) is 0 Å². The Morgan fingerprint density at radius 2 is 1.80 bits per heavy atom. The zero-order valence-corrected chi connectivity index (χ0v) is 17.6. The van der Waals surface area contributed by atoms with Gasteiger partial charge in [-0.1, -0.05) is 0 Å². The van der Waals surface area contributed by atoms with Crippen LogP contribution in [-0.2, 0) is 0 Å². The van der Waals surface area contributed by atoms with Crippen LogP contribution in [0.5, 0.6) is 0 Å². The molecule has 1 aliphatic heterocycles. The van der Waals surface area contributed by atoms with Crippen LogP contribution in [0.15, 0.2) is 30.5 Å². The van der Waals surface area contributed by atoms with E-state index in [0.717, 1.165) is 35.4 Å². The van der Waals surface area contributed by atoms with Crippen LogP contribution in [0, 0.1) is 19.7 Å². The number of rotatable bonds is 2. The molecule has 6 nitrogen and oxygen atoms in total. The third-order valence-electron chi connectivity index (χ3n) is 5.96. The summed E-state index contributed by atoms with van der Waals surface area (Å²) in [6, 6.07) is 8.04. The molecule has 1 aromatic carbocycles. The number of nitrogens with one attached hydrogen (secondary N) is 1. The third-order valence-corrected chi connectivity index (χ3v) is 5.96. The van der Waals surface area contributed by atoms with Crippen molar-refractivity contribution in [2.75, 3.05) is 0 Å². The third kappa shape index (κ3) is 3.33. The minimum Gasteiger partial charge on any atom is -0.312 e. The fourth-order valence-corrected chi connectivity index (χ4v) is 4.66. The van der Waals surface area contributed by atoms with Crippen molar-refractivity contribution in [3.63, 3.8) is 0 Å². The second kappa shape index (κ2) is 7.09. The summed E-state index contributed by atoms with van der Waals surface area (Å²) in [5, 5.41) is 17.5. The lowest BCUT2D eigenvalue weighted by atomic mass is 9.86. The minimum absolute atomic E-state index is 0.295. The van der Waals surface area contributed by atoms with Crippen molar-refractivity contribution in [3.05, 3.63) is 53.2 Å². The highest BCUT2D eigenvalue weighted by molar-refractivity contribution is 5.84. The molecule has 0 radical (unpaired) electrons. The van der Waals surface area contributed by atoms with Gasteiger partial charge in [-0.05, 0) is 70.4 Å². The monoisotopic (exact) mass is 404 g/mol. The number of imidazole rings is 1. The van der Waals surface area contributed by atoms with Crippen molar-refractivity contribution < 1.29 is 4.39 Å². The number of hydrogen-bond donors (Lipinski definition) is 1. The van der Waals surface area contributed by atoms with E-state index in [0.29, 0.717) is 40.2 Å². The molecule has 0 amide bonds. The fraction of sp³-hybridized carbons (Fsp3) is 0.391. The largest absolute Gasteiger partial charge is 0.312 e. The van der Waals surface area contributed by atoms with Gasteiger partial charge in [0, 0.05) is 29.0 Å². The smallest absolute Gasteiger partial charge is 0.156 e. The van der Waals surface area contributed by atoms with Crippen molar-refractivity contribution in [3.8, 4) is 11.3 Å². The SMILES string of the molecule is Cc1cn2nc(-c3cc(F)c4cc([C@H]5C[C@@H](C)N[C@@H](C)C5)nnc4c3)cc(C)c2n1. The van der Waals surface area contributed by atoms with Gasteiger partial charge in [-0.25, -0.2) is 13.9 Å². The van der Waals surface area contributed by atoms with Crippen molar-refractivity contribution in [1.29, 1.82) is 0 Å². The molecule has 4 aromatic rings. The lowest BCUT2D eigenvalue weighted by Gasteiger charge is -2.32. The van der Waals surface area contributed by atoms with Crippen LogP contribution in [0.25, 0.3) is 27.8 Å². The molecule has 7 heteroatoms. The normalized spacial score (nSPS) is 22.1. The first kappa shape index (κ1) is 19.1. The van der Waals surface area contributed by atoms with Gasteiger partial charge in [0.15, 0.2) is 5.65 Å². The van der Waals surface area contributed by atoms with Gasteiger partial charge in [-0.15, -0.1) is 0 Å². The molecule has 30 heavy (non-hydrogen) atoms. The molecule has 5 rings (SSSR count). The molecule has 3 aromatic heterocycles. The Hall–Kier alpha value is -2.93. The predicted molar refractivity (Wildman–Crippen MR) is 115 cm³/mol. The highest BCUT2D eigenvalue weighted by Crippen LogP contribution is 2.32. The van der Waals surface area contributed by atoms with E-state index in [1.165, 1.54) is 0 Å². The Kier molecular flexibility index (Phi) is 4.50. The molecular weight excluding hydrogens is 379 g/mol. The average Bonchev–Trinajstić information content (AvgIpc) is 3.08. The first-order chi connectivity index (χ1) is 14.4. The van der Waals surface area contributed by atoms with Crippen LogP contribution in [0.2, 0.25) is 0 Å². The zero-order chi connectivity index (χ0) is 21.0. The van der Waals surface area contributed by atoms with Gasteiger partial charge < -0.3 is 5.32 Å². The summed E-state index contributed by atoms with van der Waals surface area (Å²) in [6.07, 6.45) is 3.84. The molecule has 0 saturated carbocycles. The van der Waals surface area contributed by atoms with E-state index in [9.17, 15) is 0 Å². The molecule has 0 bridgehead atoms. The van der Waals surface area contributed by atoms with Crippen molar-refractivity contribution in [2.45, 2.75) is 58.5 Å². The molecule has 1 aliphatic rings. The van der Waals surface area contributed by atoms with Crippen LogP contribution in [0.1, 0.15) is 49.6 Å². The number of benzene rings is 1. The number of fused-ring (bicyclic) bond motifs is 2. The molecule has 1 saturated heterocycles. The van der Waals surface area contributed by atoms with Gasteiger partial charge in [0.05, 0.1) is 28.8 Å². The Morgan fingerprint density at radius 3 is 2.57 bits per heavy atom. The fourth-order valence-electron chi connectivity index (χ4n) is 4.66. The van der Waals surface area contributed by atoms with Crippen molar-refractivity contribution in [2.24, 2.45) is 0 Å². The number of aryl methyl sites for hydroxylation is 2. The summed E-state index contributed by atoms with van der Waals surface area (Å²) in [6.45, 7) is 8.27. The van der Waals surface area contributed by atoms with Crippen molar-refractivity contribution in [1.82, 2.24) is 30.1 Å². The van der Waals surface area contributed by atoms with Gasteiger partial charge in [0.1, 0.15) is 5.82 Å². The number of nitrogens with zero attached hydrogens (tertiary/aromatic N) is 5. The maximum absolute atomic E-state index is 15.1. The molecule has 4 heterocycles. The van der Waals surface area contributed by atoms with Gasteiger partial charge >= 0.3 is 0 Å². The summed E-state index contributed by atoms with van der Waals surface area (Å²) in [7, 11) is 0. The Balaban J connectivity index is 1.56. The molecule has 0 unspecified atom stereocenters. The maximum atomic E-state index is 15.1. The summed E-state index contributed by atoms with van der Waals surface area (Å²) >= 11 is 0. The molecule has 0 aliphatic carbocycles. The summed E-state index contributed by atoms with van der Waals surface area (Å²) in [5.74, 6) is -0.00141. The maximum Gasteiger partial charge on any atom is 0.156 e. The molecule has 0 spiro atoms. The second-order valence-corrected chi connectivity index (χ2v) is 8.66. The molecule has 1 fully saturated rings. The lowest BCUT2D eigenvalue weighted by molar-refractivity contribution is 0.312. The number of piperidine rings is 1. The molecule has 3 atom stereocenters. The van der Waals surface area contributed by atoms with E-state index in [4.69, 9.17) is 0 Å². The number of halogens is 1. The quantitative estimate of drug-likeness (QED) is 0.538. The van der Waals surface area contributed by atoms with E-state index < -0.39 is 0 Å². The lowest BCUT2D eigenvalue weighted by Crippen LogP contribution is -2.41. The average molecular weight is 404 g/mol. The molecular formula is C23H25FN6. The van der Waals surface area contributed by atoms with Crippen LogP contribution in [-0.4, -0.2) is 36.9 Å². The summed E-state index contributed by atoms with van der Waals surface area (Å²) in [4.78, 5) is 4.48. The van der Waals surface area contributed by atoms with E-state index in [-0.39, 0.29) is 5.82 Å². The Morgan fingerprint density at radius 1 is 1.03 bits per heavy atom. The van der Waals surface area contributed by atoms with E-state index >= 15 is 4.39 Å². The molecule has 1 N–H and O–H groups in total. The minimum atomic E-state index is -0.296. The first-order valence-corrected chi connectivity index (χ1v) is 10.4. The molecule has 154 valence electrons. The van der Waals surface area contributed by atoms with Gasteiger partial charge in [-0.3, -0.25) is 0 Å². The summed E-state index contributed by atoms with van der Waals surface area (Å²) in [5.41, 5.74) is 5.49. The van der Waals surface area contributed by atoms with Gasteiger partial charge in [-0.2, -0.15) is 15.3 Å². The highest BCUT2D eigenvalue weighted by Gasteiger charge is 2.26. The number of hydrogen-bond acceptors (Lipinski definition) is 5.